The second-order valence-electron chi connectivity index (χ2n) is 26.6. The van der Waals surface area contributed by atoms with E-state index in [0.29, 0.717) is 0 Å². The summed E-state index contributed by atoms with van der Waals surface area (Å²) in [6.45, 7) is 22.1. The molecule has 0 bridgehead atoms. The Hall–Kier alpha value is -7.34. The first-order valence-electron chi connectivity index (χ1n) is 29.2. The summed E-state index contributed by atoms with van der Waals surface area (Å²) in [4.78, 5) is 8.21. The van der Waals surface area contributed by atoms with Crippen molar-refractivity contribution in [2.45, 2.75) is 128 Å². The van der Waals surface area contributed by atoms with E-state index in [9.17, 15) is 0 Å². The van der Waals surface area contributed by atoms with Gasteiger partial charge in [-0.2, -0.15) is 0 Å². The third-order valence-electron chi connectivity index (χ3n) is 20.2. The maximum atomic E-state index is 2.89. The van der Waals surface area contributed by atoms with Crippen LogP contribution < -0.4 is 31.1 Å². The molecule has 3 nitrogen and oxygen atoms in total. The number of rotatable bonds is 6. The minimum Gasteiger partial charge on any atom is -0.335 e. The summed E-state index contributed by atoms with van der Waals surface area (Å²) in [5, 5.41) is 2.60. The highest BCUT2D eigenvalue weighted by Gasteiger charge is 2.61. The van der Waals surface area contributed by atoms with Crippen molar-refractivity contribution < 1.29 is 0 Å². The van der Waals surface area contributed by atoms with Gasteiger partial charge in [-0.15, -0.1) is 11.3 Å². The van der Waals surface area contributed by atoms with E-state index >= 15 is 0 Å². The van der Waals surface area contributed by atoms with Gasteiger partial charge in [0.2, 0.25) is 0 Å². The molecule has 10 aromatic rings. The number of hydrogen-bond donors (Lipinski definition) is 0. The molecule has 1 aromatic heterocycles. The quantitative estimate of drug-likeness (QED) is 0.154. The molecule has 9 aromatic carbocycles. The number of benzene rings is 9. The van der Waals surface area contributed by atoms with Crippen LogP contribution in [0.25, 0.3) is 42.4 Å². The molecule has 5 aliphatic rings. The fourth-order valence-electron chi connectivity index (χ4n) is 15.5. The summed E-state index contributed by atoms with van der Waals surface area (Å²) in [6.07, 6.45) is 7.13. The molecule has 79 heavy (non-hydrogen) atoms. The third kappa shape index (κ3) is 7.03. The Bertz CT molecular complexity index is 4130. The Morgan fingerprint density at radius 3 is 1.89 bits per heavy atom. The van der Waals surface area contributed by atoms with Gasteiger partial charge in [0.1, 0.15) is 0 Å². The molecule has 2 aliphatic carbocycles. The van der Waals surface area contributed by atoms with E-state index in [1.54, 1.807) is 0 Å². The van der Waals surface area contributed by atoms with Crippen LogP contribution >= 0.6 is 11.3 Å². The molecule has 2 atom stereocenters. The van der Waals surface area contributed by atoms with Gasteiger partial charge in [0, 0.05) is 60.6 Å². The molecule has 0 spiro atoms. The van der Waals surface area contributed by atoms with Crippen LogP contribution in [-0.2, 0) is 21.7 Å². The highest BCUT2D eigenvalue weighted by Crippen LogP contribution is 2.63. The standard InChI is InChI=1S/C74H70BN3S/c1-70(2,3)50-32-34-51(35-33-50)76(61-30-20-27-54-53-26-16-17-31-66(53)79-69(54)61)52-36-37-59-63(44-52)77(62-46-58-57(71(4,5)40-41-72(58,6)7)45-55(62)48-24-14-11-15-25-48)64-42-49(47-22-12-10-13-23-47)43-65-67(64)75(59)60-29-21-28-56-68(60)78(65)74(9)39-19-18-38-73(56,74)8/h10-17,20-37,42-46H,18-19,38-41H2,1-9H3. The van der Waals surface area contributed by atoms with Crippen molar-refractivity contribution in [2.75, 3.05) is 14.7 Å². The van der Waals surface area contributed by atoms with Gasteiger partial charge >= 0.3 is 0 Å². The number of anilines is 8. The first-order valence-corrected chi connectivity index (χ1v) is 30.0. The molecule has 15 rings (SSSR count). The highest BCUT2D eigenvalue weighted by atomic mass is 32.1. The maximum absolute atomic E-state index is 2.89. The minimum atomic E-state index is -0.0972. The molecule has 3 aliphatic heterocycles. The summed E-state index contributed by atoms with van der Waals surface area (Å²) >= 11 is 1.91. The Balaban J connectivity index is 1.08. The lowest BCUT2D eigenvalue weighted by atomic mass is 9.33. The number of nitrogens with zero attached hydrogens (tertiary/aromatic N) is 3. The Kier molecular flexibility index (Phi) is 10.5. The molecule has 0 amide bonds. The van der Waals surface area contributed by atoms with Crippen LogP contribution in [0.1, 0.15) is 123 Å². The first kappa shape index (κ1) is 48.8. The van der Waals surface area contributed by atoms with E-state index in [1.807, 2.05) is 11.3 Å². The smallest absolute Gasteiger partial charge is 0.252 e. The summed E-state index contributed by atoms with van der Waals surface area (Å²) in [5.74, 6) is 0. The Morgan fingerprint density at radius 1 is 0.494 bits per heavy atom. The van der Waals surface area contributed by atoms with Gasteiger partial charge in [-0.05, 0) is 165 Å². The number of thiophene rings is 1. The monoisotopic (exact) mass is 1040 g/mol. The molecule has 5 heteroatoms. The van der Waals surface area contributed by atoms with Crippen molar-refractivity contribution in [2.24, 2.45) is 0 Å². The molecule has 4 heterocycles. The zero-order valence-corrected chi connectivity index (χ0v) is 48.3. The third-order valence-corrected chi connectivity index (χ3v) is 21.4. The van der Waals surface area contributed by atoms with Crippen LogP contribution in [0.4, 0.5) is 45.5 Å². The van der Waals surface area contributed by atoms with Gasteiger partial charge in [-0.1, -0.05) is 196 Å². The van der Waals surface area contributed by atoms with Crippen LogP contribution in [-0.4, -0.2) is 12.3 Å². The van der Waals surface area contributed by atoms with Gasteiger partial charge < -0.3 is 14.7 Å². The molecular formula is C74H70BN3S. The second-order valence-corrected chi connectivity index (χ2v) is 27.7. The zero-order chi connectivity index (χ0) is 54.0. The minimum absolute atomic E-state index is 0.000108. The van der Waals surface area contributed by atoms with Crippen molar-refractivity contribution in [3.05, 3.63) is 210 Å². The van der Waals surface area contributed by atoms with Crippen LogP contribution in [0.5, 0.6) is 0 Å². The van der Waals surface area contributed by atoms with Gasteiger partial charge in [-0.25, -0.2) is 0 Å². The predicted molar refractivity (Wildman–Crippen MR) is 341 cm³/mol. The summed E-state index contributed by atoms with van der Waals surface area (Å²) < 4.78 is 2.60. The van der Waals surface area contributed by atoms with Crippen molar-refractivity contribution in [3.63, 3.8) is 0 Å². The van der Waals surface area contributed by atoms with Crippen LogP contribution in [0.2, 0.25) is 0 Å². The van der Waals surface area contributed by atoms with Gasteiger partial charge in [-0.3, -0.25) is 0 Å². The second kappa shape index (κ2) is 17.1. The van der Waals surface area contributed by atoms with E-state index < -0.39 is 0 Å². The number of para-hydroxylation sites is 1. The molecule has 1 fully saturated rings. The fourth-order valence-corrected chi connectivity index (χ4v) is 16.8. The highest BCUT2D eigenvalue weighted by molar-refractivity contribution is 7.26. The van der Waals surface area contributed by atoms with Gasteiger partial charge in [0.15, 0.2) is 0 Å². The molecule has 390 valence electrons. The molecular weight excluding hydrogens is 974 g/mol. The number of fused-ring (bicyclic) bond motifs is 11. The normalized spacial score (nSPS) is 20.1. The summed E-state index contributed by atoms with van der Waals surface area (Å²) in [7, 11) is 0. The molecule has 1 saturated carbocycles. The molecule has 0 radical (unpaired) electrons. The maximum Gasteiger partial charge on any atom is 0.252 e. The van der Waals surface area contributed by atoms with Gasteiger partial charge in [0.25, 0.3) is 6.71 Å². The average molecular weight is 1040 g/mol. The number of hydrogen-bond acceptors (Lipinski definition) is 4. The summed E-state index contributed by atoms with van der Waals surface area (Å²) in [5.41, 5.74) is 25.0. The van der Waals surface area contributed by atoms with E-state index in [-0.39, 0.29) is 33.9 Å². The van der Waals surface area contributed by atoms with E-state index in [2.05, 4.69) is 265 Å². The summed E-state index contributed by atoms with van der Waals surface area (Å²) in [6, 6.07) is 73.2. The van der Waals surface area contributed by atoms with Crippen molar-refractivity contribution in [1.29, 1.82) is 0 Å². The van der Waals surface area contributed by atoms with Crippen molar-refractivity contribution >= 4 is 100 Å². The molecule has 0 N–H and O–H groups in total. The molecule has 0 saturated heterocycles. The predicted octanol–water partition coefficient (Wildman–Crippen LogP) is 18.9. The SMILES string of the molecule is CC(C)(C)c1ccc(N(c2ccc3c(c2)N(c2cc4c(cc2-c2ccccc2)C(C)(C)CCC4(C)C)c2cc(-c4ccccc4)cc4c2B3c2cccc3c2N4C2(C)CCCCC32C)c2cccc3c2sc2ccccc23)cc1. The van der Waals surface area contributed by atoms with E-state index in [0.717, 1.165) is 30.6 Å². The Morgan fingerprint density at radius 2 is 1.14 bits per heavy atom. The fraction of sp³-hybridized carbons (Fsp3) is 0.270. The largest absolute Gasteiger partial charge is 0.335 e. The van der Waals surface area contributed by atoms with Crippen LogP contribution in [0.3, 0.4) is 0 Å². The van der Waals surface area contributed by atoms with Crippen LogP contribution in [0, 0.1) is 0 Å². The Labute approximate surface area is 472 Å². The average Bonchev–Trinajstić information content (AvgIpc) is 3.03. The zero-order valence-electron chi connectivity index (χ0n) is 47.5. The van der Waals surface area contributed by atoms with Crippen molar-refractivity contribution in [3.8, 4) is 22.3 Å². The van der Waals surface area contributed by atoms with E-state index in [1.165, 1.54) is 134 Å². The lowest BCUT2D eigenvalue weighted by Gasteiger charge is -2.53. The van der Waals surface area contributed by atoms with Crippen LogP contribution in [0.15, 0.2) is 188 Å². The first-order chi connectivity index (χ1) is 38.0. The van der Waals surface area contributed by atoms with Gasteiger partial charge in [0.05, 0.1) is 21.6 Å². The van der Waals surface area contributed by atoms with E-state index in [4.69, 9.17) is 0 Å². The van der Waals surface area contributed by atoms with Crippen molar-refractivity contribution in [1.82, 2.24) is 0 Å². The topological polar surface area (TPSA) is 9.72 Å². The lowest BCUT2D eigenvalue weighted by molar-refractivity contribution is 0.195. The lowest BCUT2D eigenvalue weighted by Crippen LogP contribution is -2.64. The molecule has 2 unspecified atom stereocenters.